The number of nitrogens with one attached hydrogen (secondary N) is 1. The third-order valence-corrected chi connectivity index (χ3v) is 7.01. The normalized spacial score (nSPS) is 20.0. The molecule has 3 heterocycles. The smallest absolute Gasteiger partial charge is 0.290 e. The van der Waals surface area contributed by atoms with Gasteiger partial charge in [-0.05, 0) is 57.7 Å². The van der Waals surface area contributed by atoms with Crippen molar-refractivity contribution >= 4 is 22.8 Å². The third-order valence-electron chi connectivity index (χ3n) is 7.01. The number of morpholine rings is 1. The number of rotatable bonds is 8. The minimum Gasteiger partial charge on any atom is -0.385 e. The molecule has 2 atom stereocenters. The molecule has 1 aromatic carbocycles. The Morgan fingerprint density at radius 1 is 1.19 bits per heavy atom. The maximum Gasteiger partial charge on any atom is 0.290 e. The van der Waals surface area contributed by atoms with Crippen LogP contribution in [-0.4, -0.2) is 96.4 Å². The van der Waals surface area contributed by atoms with Crippen LogP contribution in [0.5, 0.6) is 0 Å². The first-order valence-corrected chi connectivity index (χ1v) is 13.6. The van der Waals surface area contributed by atoms with Crippen molar-refractivity contribution < 1.29 is 19.1 Å². The third kappa shape index (κ3) is 7.99. The Kier molecular flexibility index (Phi) is 11.4. The molecule has 0 bridgehead atoms. The summed E-state index contributed by atoms with van der Waals surface area (Å²) in [5.41, 5.74) is 1.92. The van der Waals surface area contributed by atoms with Gasteiger partial charge in [0.15, 0.2) is 5.82 Å². The zero-order valence-corrected chi connectivity index (χ0v) is 23.2. The van der Waals surface area contributed by atoms with Gasteiger partial charge in [-0.25, -0.2) is 4.98 Å². The van der Waals surface area contributed by atoms with Crippen LogP contribution in [0.25, 0.3) is 11.0 Å². The maximum atomic E-state index is 13.7. The average molecular weight is 516 g/mol. The minimum atomic E-state index is 0.0406. The first-order chi connectivity index (χ1) is 17.8. The highest BCUT2D eigenvalue weighted by atomic mass is 16.5. The average Bonchev–Trinajstić information content (AvgIpc) is 3.26. The van der Waals surface area contributed by atoms with Crippen LogP contribution in [0.15, 0.2) is 24.3 Å². The molecule has 0 spiro atoms. The van der Waals surface area contributed by atoms with Crippen LogP contribution in [0.2, 0.25) is 0 Å². The first kappa shape index (κ1) is 29.1. The van der Waals surface area contributed by atoms with Crippen LogP contribution >= 0.6 is 0 Å². The van der Waals surface area contributed by atoms with Gasteiger partial charge >= 0.3 is 0 Å². The topological polar surface area (TPSA) is 88.9 Å². The largest absolute Gasteiger partial charge is 0.385 e. The SMILES string of the molecule is CC(=O)N1CCOCC1.COCCCCn1c(C(=O)N(C(C)C)[C@@H]2CNCC(C)C2)nc2ccccc21. The molecule has 1 aromatic heterocycles. The van der Waals surface area contributed by atoms with E-state index in [0.717, 1.165) is 69.6 Å². The Morgan fingerprint density at radius 2 is 1.92 bits per heavy atom. The van der Waals surface area contributed by atoms with E-state index in [1.807, 2.05) is 23.1 Å². The second-order valence-electron chi connectivity index (χ2n) is 10.4. The summed E-state index contributed by atoms with van der Waals surface area (Å²) < 4.78 is 12.3. The Bertz CT molecular complexity index is 1000. The molecule has 9 nitrogen and oxygen atoms in total. The minimum absolute atomic E-state index is 0.0406. The molecule has 2 amide bonds. The fourth-order valence-corrected chi connectivity index (χ4v) is 5.14. The number of ether oxygens (including phenoxy) is 2. The van der Waals surface area contributed by atoms with Crippen LogP contribution in [0.4, 0.5) is 0 Å². The van der Waals surface area contributed by atoms with Crippen molar-refractivity contribution in [2.45, 2.75) is 65.6 Å². The van der Waals surface area contributed by atoms with Crippen molar-refractivity contribution in [1.82, 2.24) is 24.7 Å². The summed E-state index contributed by atoms with van der Waals surface area (Å²) in [6.45, 7) is 14.3. The number of amides is 2. The van der Waals surface area contributed by atoms with E-state index in [0.29, 0.717) is 25.0 Å². The predicted octanol–water partition coefficient (Wildman–Crippen LogP) is 3.18. The summed E-state index contributed by atoms with van der Waals surface area (Å²) in [7, 11) is 1.72. The van der Waals surface area contributed by atoms with Gasteiger partial charge in [0.25, 0.3) is 5.91 Å². The lowest BCUT2D eigenvalue weighted by atomic mass is 9.95. The van der Waals surface area contributed by atoms with E-state index in [4.69, 9.17) is 14.5 Å². The summed E-state index contributed by atoms with van der Waals surface area (Å²) in [5, 5.41) is 3.48. The highest BCUT2D eigenvalue weighted by Crippen LogP contribution is 2.23. The van der Waals surface area contributed by atoms with Crippen LogP contribution in [0.1, 0.15) is 57.6 Å². The molecule has 2 aliphatic heterocycles. The van der Waals surface area contributed by atoms with E-state index in [-0.39, 0.29) is 23.9 Å². The second kappa shape index (κ2) is 14.4. The standard InChI is InChI=1S/C22H34N4O2.C6H11NO2/c1-16(2)26(18-13-17(3)14-23-15-18)22(27)21-24-19-9-5-6-10-20(19)25(21)11-7-8-12-28-4;1-6(8)7-2-4-9-5-3-7/h5-6,9-10,16-18,23H,7-8,11-15H2,1-4H3;2-5H2,1H3/t17?,18-;/m0./s1. The Labute approximate surface area is 221 Å². The number of hydrogen-bond donors (Lipinski definition) is 1. The van der Waals surface area contributed by atoms with Gasteiger partial charge in [-0.1, -0.05) is 19.1 Å². The number of methoxy groups -OCH3 is 1. The summed E-state index contributed by atoms with van der Waals surface area (Å²) in [6, 6.07) is 8.37. The quantitative estimate of drug-likeness (QED) is 0.544. The molecule has 2 fully saturated rings. The monoisotopic (exact) mass is 515 g/mol. The number of aromatic nitrogens is 2. The Morgan fingerprint density at radius 3 is 2.54 bits per heavy atom. The van der Waals surface area contributed by atoms with Crippen LogP contribution in [0, 0.1) is 5.92 Å². The highest BCUT2D eigenvalue weighted by Gasteiger charge is 2.33. The van der Waals surface area contributed by atoms with Gasteiger partial charge in [-0.3, -0.25) is 9.59 Å². The van der Waals surface area contributed by atoms with Crippen molar-refractivity contribution in [3.8, 4) is 0 Å². The zero-order valence-electron chi connectivity index (χ0n) is 23.2. The number of fused-ring (bicyclic) bond motifs is 1. The number of imidazole rings is 1. The number of nitrogens with zero attached hydrogens (tertiary/aromatic N) is 4. The van der Waals surface area contributed by atoms with Crippen molar-refractivity contribution in [2.24, 2.45) is 5.92 Å². The number of benzene rings is 1. The number of aryl methyl sites for hydroxylation is 1. The van der Waals surface area contributed by atoms with E-state index in [9.17, 15) is 9.59 Å². The van der Waals surface area contributed by atoms with Gasteiger partial charge in [0.1, 0.15) is 0 Å². The summed E-state index contributed by atoms with van der Waals surface area (Å²) in [4.78, 5) is 32.9. The lowest BCUT2D eigenvalue weighted by Crippen LogP contribution is -2.53. The molecule has 206 valence electrons. The van der Waals surface area contributed by atoms with Gasteiger partial charge in [0.2, 0.25) is 5.91 Å². The molecule has 2 aliphatic rings. The molecule has 4 rings (SSSR count). The lowest BCUT2D eigenvalue weighted by Gasteiger charge is -2.39. The van der Waals surface area contributed by atoms with E-state index in [1.165, 1.54) is 0 Å². The van der Waals surface area contributed by atoms with Gasteiger partial charge in [-0.15, -0.1) is 0 Å². The Hall–Kier alpha value is -2.49. The molecule has 37 heavy (non-hydrogen) atoms. The molecular weight excluding hydrogens is 470 g/mol. The van der Waals surface area contributed by atoms with Gasteiger partial charge in [-0.2, -0.15) is 0 Å². The number of hydrogen-bond acceptors (Lipinski definition) is 6. The molecule has 2 aromatic rings. The first-order valence-electron chi connectivity index (χ1n) is 13.6. The number of carbonyl (C=O) groups is 2. The molecule has 9 heteroatoms. The molecule has 1 N–H and O–H groups in total. The highest BCUT2D eigenvalue weighted by molar-refractivity contribution is 5.95. The van der Waals surface area contributed by atoms with Gasteiger partial charge in [0, 0.05) is 58.9 Å². The van der Waals surface area contributed by atoms with Gasteiger partial charge < -0.3 is 29.2 Å². The summed E-state index contributed by atoms with van der Waals surface area (Å²) in [5.74, 6) is 1.32. The molecule has 0 radical (unpaired) electrons. The molecule has 2 saturated heterocycles. The number of piperidine rings is 1. The van der Waals surface area contributed by atoms with Crippen molar-refractivity contribution in [3.05, 3.63) is 30.1 Å². The molecular formula is C28H45N5O4. The maximum absolute atomic E-state index is 13.7. The van der Waals surface area contributed by atoms with Crippen LogP contribution in [-0.2, 0) is 20.8 Å². The molecule has 0 saturated carbocycles. The summed E-state index contributed by atoms with van der Waals surface area (Å²) in [6.07, 6.45) is 2.96. The fourth-order valence-electron chi connectivity index (χ4n) is 5.14. The summed E-state index contributed by atoms with van der Waals surface area (Å²) >= 11 is 0. The van der Waals surface area contributed by atoms with Gasteiger partial charge in [0.05, 0.1) is 24.2 Å². The molecule has 1 unspecified atom stereocenters. The predicted molar refractivity (Wildman–Crippen MR) is 146 cm³/mol. The van der Waals surface area contributed by atoms with E-state index in [2.05, 4.69) is 36.7 Å². The van der Waals surface area contributed by atoms with Crippen molar-refractivity contribution in [3.63, 3.8) is 0 Å². The van der Waals surface area contributed by atoms with E-state index in [1.54, 1.807) is 18.9 Å². The van der Waals surface area contributed by atoms with Crippen molar-refractivity contribution in [2.75, 3.05) is 53.1 Å². The zero-order chi connectivity index (χ0) is 26.8. The fraction of sp³-hybridized carbons (Fsp3) is 0.679. The lowest BCUT2D eigenvalue weighted by molar-refractivity contribution is -0.132. The van der Waals surface area contributed by atoms with E-state index < -0.39 is 0 Å². The second-order valence-corrected chi connectivity index (χ2v) is 10.4. The van der Waals surface area contributed by atoms with Crippen molar-refractivity contribution in [1.29, 1.82) is 0 Å². The van der Waals surface area contributed by atoms with Crippen LogP contribution in [0.3, 0.4) is 0 Å². The van der Waals surface area contributed by atoms with Crippen LogP contribution < -0.4 is 5.32 Å². The van der Waals surface area contributed by atoms with E-state index >= 15 is 0 Å². The number of carbonyl (C=O) groups excluding carboxylic acids is 2. The number of unbranched alkanes of at least 4 members (excludes halogenated alkanes) is 1. The number of para-hydroxylation sites is 2. The Balaban J connectivity index is 0.000000356. The molecule has 0 aliphatic carbocycles.